The number of hydrazine groups is 1. The number of nitrogens with one attached hydrogen (secondary N) is 1. The minimum atomic E-state index is -0.233. The van der Waals surface area contributed by atoms with Gasteiger partial charge in [0.15, 0.2) is 0 Å². The van der Waals surface area contributed by atoms with Crippen LogP contribution in [0.1, 0.15) is 36.8 Å². The smallest absolute Gasteiger partial charge is 0.143 e. The molecule has 17 heavy (non-hydrogen) atoms. The van der Waals surface area contributed by atoms with Gasteiger partial charge in [-0.25, -0.2) is 10.2 Å². The van der Waals surface area contributed by atoms with Crippen LogP contribution >= 0.6 is 0 Å². The summed E-state index contributed by atoms with van der Waals surface area (Å²) in [6.07, 6.45) is 4.69. The highest BCUT2D eigenvalue weighted by molar-refractivity contribution is 5.99. The molecule has 0 atom stereocenters. The van der Waals surface area contributed by atoms with Crippen LogP contribution in [0, 0.1) is 12.7 Å². The lowest BCUT2D eigenvalue weighted by molar-refractivity contribution is 0.626. The van der Waals surface area contributed by atoms with Crippen LogP contribution < -0.4 is 11.3 Å². The summed E-state index contributed by atoms with van der Waals surface area (Å²) < 4.78 is 13.0. The third kappa shape index (κ3) is 2.82. The number of rotatable bonds is 2. The second-order valence-electron chi connectivity index (χ2n) is 4.52. The number of hydrogen-bond donors (Lipinski definition) is 2. The monoisotopic (exact) mass is 235 g/mol. The fourth-order valence-electron chi connectivity index (χ4n) is 2.29. The molecule has 0 saturated heterocycles. The largest absolute Gasteiger partial charge is 0.308 e. The normalized spacial score (nSPS) is 17.5. The van der Waals surface area contributed by atoms with E-state index < -0.39 is 0 Å². The predicted octanol–water partition coefficient (Wildman–Crippen LogP) is 2.29. The van der Waals surface area contributed by atoms with E-state index in [0.29, 0.717) is 11.9 Å². The van der Waals surface area contributed by atoms with Crippen molar-refractivity contribution in [1.82, 2.24) is 5.43 Å². The number of benzene rings is 1. The second kappa shape index (κ2) is 5.27. The summed E-state index contributed by atoms with van der Waals surface area (Å²) in [6, 6.07) is 5.00. The molecule has 0 bridgehead atoms. The zero-order valence-corrected chi connectivity index (χ0v) is 10.0. The Labute approximate surface area is 101 Å². The molecule has 3 N–H and O–H groups in total. The van der Waals surface area contributed by atoms with Crippen molar-refractivity contribution in [1.29, 1.82) is 0 Å². The molecular formula is C13H18FN3. The lowest BCUT2D eigenvalue weighted by Gasteiger charge is -2.11. The summed E-state index contributed by atoms with van der Waals surface area (Å²) in [6.45, 7) is 1.86. The first-order valence-corrected chi connectivity index (χ1v) is 6.01. The summed E-state index contributed by atoms with van der Waals surface area (Å²) >= 11 is 0. The third-order valence-electron chi connectivity index (χ3n) is 3.22. The van der Waals surface area contributed by atoms with Gasteiger partial charge in [-0.2, -0.15) is 0 Å². The van der Waals surface area contributed by atoms with Gasteiger partial charge in [-0.3, -0.25) is 4.99 Å². The maximum atomic E-state index is 13.0. The van der Waals surface area contributed by atoms with E-state index in [1.807, 2.05) is 6.92 Å². The Morgan fingerprint density at radius 1 is 1.41 bits per heavy atom. The summed E-state index contributed by atoms with van der Waals surface area (Å²) in [5.74, 6) is 5.94. The number of halogens is 1. The summed E-state index contributed by atoms with van der Waals surface area (Å²) in [5, 5.41) is 0. The first-order chi connectivity index (χ1) is 8.20. The Kier molecular flexibility index (Phi) is 3.74. The molecule has 2 rings (SSSR count). The van der Waals surface area contributed by atoms with E-state index >= 15 is 0 Å². The molecule has 1 aliphatic carbocycles. The Morgan fingerprint density at radius 3 is 2.71 bits per heavy atom. The van der Waals surface area contributed by atoms with Gasteiger partial charge in [-0.05, 0) is 43.5 Å². The van der Waals surface area contributed by atoms with Crippen LogP contribution in [0.4, 0.5) is 4.39 Å². The van der Waals surface area contributed by atoms with Crippen LogP contribution in [0.5, 0.6) is 0 Å². The van der Waals surface area contributed by atoms with E-state index in [2.05, 4.69) is 10.4 Å². The lowest BCUT2D eigenvalue weighted by Crippen LogP contribution is -2.32. The molecule has 1 saturated carbocycles. The molecule has 0 radical (unpaired) electrons. The zero-order chi connectivity index (χ0) is 12.3. The van der Waals surface area contributed by atoms with Crippen molar-refractivity contribution in [3.05, 3.63) is 35.1 Å². The second-order valence-corrected chi connectivity index (χ2v) is 4.52. The van der Waals surface area contributed by atoms with E-state index in [0.717, 1.165) is 24.0 Å². The van der Waals surface area contributed by atoms with E-state index in [-0.39, 0.29) is 5.82 Å². The minimum Gasteiger partial charge on any atom is -0.308 e. The molecule has 0 heterocycles. The maximum absolute atomic E-state index is 13.0. The number of aryl methyl sites for hydroxylation is 1. The highest BCUT2D eigenvalue weighted by Crippen LogP contribution is 2.22. The fourth-order valence-corrected chi connectivity index (χ4v) is 2.29. The molecule has 1 aromatic rings. The Bertz CT molecular complexity index is 423. The van der Waals surface area contributed by atoms with Gasteiger partial charge in [0, 0.05) is 5.56 Å². The highest BCUT2D eigenvalue weighted by Gasteiger charge is 2.15. The van der Waals surface area contributed by atoms with Crippen LogP contribution in [0.15, 0.2) is 23.2 Å². The molecule has 0 spiro atoms. The van der Waals surface area contributed by atoms with Crippen molar-refractivity contribution < 1.29 is 4.39 Å². The summed E-state index contributed by atoms with van der Waals surface area (Å²) in [7, 11) is 0. The van der Waals surface area contributed by atoms with Crippen molar-refractivity contribution in [2.45, 2.75) is 38.6 Å². The van der Waals surface area contributed by atoms with Gasteiger partial charge in [0.25, 0.3) is 0 Å². The van der Waals surface area contributed by atoms with Gasteiger partial charge in [0.1, 0.15) is 11.7 Å². The first kappa shape index (κ1) is 12.0. The van der Waals surface area contributed by atoms with E-state index in [9.17, 15) is 4.39 Å². The van der Waals surface area contributed by atoms with Crippen LogP contribution in [-0.2, 0) is 0 Å². The molecule has 3 nitrogen and oxygen atoms in total. The Balaban J connectivity index is 2.27. The average Bonchev–Trinajstić information content (AvgIpc) is 2.79. The highest BCUT2D eigenvalue weighted by atomic mass is 19.1. The van der Waals surface area contributed by atoms with Crippen molar-refractivity contribution in [3.8, 4) is 0 Å². The molecule has 4 heteroatoms. The molecule has 0 unspecified atom stereocenters. The SMILES string of the molecule is Cc1cc(F)ccc1C(=NC1CCCC1)NN. The number of hydrogen-bond acceptors (Lipinski definition) is 2. The maximum Gasteiger partial charge on any atom is 0.143 e. The molecular weight excluding hydrogens is 217 g/mol. The molecule has 0 aliphatic heterocycles. The quantitative estimate of drug-likeness (QED) is 0.357. The number of aliphatic imine (C=N–C) groups is 1. The third-order valence-corrected chi connectivity index (χ3v) is 3.22. The van der Waals surface area contributed by atoms with E-state index in [1.165, 1.54) is 25.0 Å². The Hall–Kier alpha value is -1.42. The van der Waals surface area contributed by atoms with Crippen LogP contribution in [0.2, 0.25) is 0 Å². The van der Waals surface area contributed by atoms with Gasteiger partial charge in [0.2, 0.25) is 0 Å². The summed E-state index contributed by atoms with van der Waals surface area (Å²) in [4.78, 5) is 4.61. The minimum absolute atomic E-state index is 0.233. The van der Waals surface area contributed by atoms with Crippen molar-refractivity contribution in [3.63, 3.8) is 0 Å². The van der Waals surface area contributed by atoms with E-state index in [1.54, 1.807) is 6.07 Å². The van der Waals surface area contributed by atoms with Crippen LogP contribution in [-0.4, -0.2) is 11.9 Å². The zero-order valence-electron chi connectivity index (χ0n) is 10.0. The van der Waals surface area contributed by atoms with E-state index in [4.69, 9.17) is 5.84 Å². The standard InChI is InChI=1S/C13H18FN3/c1-9-8-10(14)6-7-12(9)13(17-15)16-11-4-2-3-5-11/h6-8,11H,2-5,15H2,1H3,(H,16,17). The number of amidine groups is 1. The van der Waals surface area contributed by atoms with Gasteiger partial charge in [-0.15, -0.1) is 0 Å². The van der Waals surface area contributed by atoms with Crippen molar-refractivity contribution in [2.75, 3.05) is 0 Å². The van der Waals surface area contributed by atoms with Gasteiger partial charge < -0.3 is 5.43 Å². The molecule has 1 aliphatic rings. The van der Waals surface area contributed by atoms with Gasteiger partial charge >= 0.3 is 0 Å². The van der Waals surface area contributed by atoms with Gasteiger partial charge in [-0.1, -0.05) is 12.8 Å². The lowest BCUT2D eigenvalue weighted by atomic mass is 10.1. The predicted molar refractivity (Wildman–Crippen MR) is 67.3 cm³/mol. The van der Waals surface area contributed by atoms with Crippen LogP contribution in [0.25, 0.3) is 0 Å². The number of nitrogens with zero attached hydrogens (tertiary/aromatic N) is 1. The number of nitrogens with two attached hydrogens (primary N) is 1. The Morgan fingerprint density at radius 2 is 2.12 bits per heavy atom. The average molecular weight is 235 g/mol. The molecule has 0 amide bonds. The first-order valence-electron chi connectivity index (χ1n) is 6.01. The molecule has 92 valence electrons. The molecule has 1 aromatic carbocycles. The van der Waals surface area contributed by atoms with Gasteiger partial charge in [0.05, 0.1) is 6.04 Å². The van der Waals surface area contributed by atoms with Crippen molar-refractivity contribution >= 4 is 5.84 Å². The summed E-state index contributed by atoms with van der Waals surface area (Å²) in [5.41, 5.74) is 4.36. The molecule has 0 aromatic heterocycles. The fraction of sp³-hybridized carbons (Fsp3) is 0.462. The molecule has 1 fully saturated rings. The van der Waals surface area contributed by atoms with Crippen molar-refractivity contribution in [2.24, 2.45) is 10.8 Å². The topological polar surface area (TPSA) is 50.4 Å². The van der Waals surface area contributed by atoms with Crippen LogP contribution in [0.3, 0.4) is 0 Å².